The van der Waals surface area contributed by atoms with Gasteiger partial charge in [-0.3, -0.25) is 4.79 Å². The van der Waals surface area contributed by atoms with Gasteiger partial charge in [0, 0.05) is 11.9 Å². The molecule has 1 aliphatic carbocycles. The number of nitrogens with one attached hydrogen (secondary N) is 1. The molecule has 1 aromatic heterocycles. The largest absolute Gasteiger partial charge is 0.391 e. The number of aliphatic hydroxyl groups excluding tert-OH is 1. The highest BCUT2D eigenvalue weighted by atomic mass is 16.3. The maximum atomic E-state index is 12.0. The quantitative estimate of drug-likeness (QED) is 0.875. The van der Waals surface area contributed by atoms with E-state index < -0.39 is 6.10 Å². The lowest BCUT2D eigenvalue weighted by molar-refractivity contribution is 0.0896. The first-order valence-electron chi connectivity index (χ1n) is 6.56. The Balaban J connectivity index is 1.70. The molecule has 1 amide bonds. The zero-order valence-corrected chi connectivity index (χ0v) is 10.5. The fourth-order valence-electron chi connectivity index (χ4n) is 2.13. The van der Waals surface area contributed by atoms with Crippen molar-refractivity contribution in [1.29, 1.82) is 0 Å². The smallest absolute Gasteiger partial charge is 0.269 e. The number of benzene rings is 1. The van der Waals surface area contributed by atoms with Crippen LogP contribution in [0.1, 0.15) is 23.3 Å². The molecule has 0 bridgehead atoms. The van der Waals surface area contributed by atoms with Crippen LogP contribution >= 0.6 is 0 Å². The predicted molar refractivity (Wildman–Crippen MR) is 72.8 cm³/mol. The van der Waals surface area contributed by atoms with Gasteiger partial charge in [0.1, 0.15) is 5.69 Å². The van der Waals surface area contributed by atoms with Crippen LogP contribution in [0.4, 0.5) is 0 Å². The van der Waals surface area contributed by atoms with Crippen LogP contribution in [-0.4, -0.2) is 28.6 Å². The van der Waals surface area contributed by atoms with Gasteiger partial charge in [0.2, 0.25) is 0 Å². The lowest BCUT2D eigenvalue weighted by atomic mass is 10.2. The van der Waals surface area contributed by atoms with Crippen molar-refractivity contribution in [3.8, 4) is 0 Å². The number of aliphatic hydroxyl groups is 1. The normalized spacial score (nSPS) is 16.3. The Morgan fingerprint density at radius 2 is 2.11 bits per heavy atom. The molecule has 0 saturated heterocycles. The first-order chi connectivity index (χ1) is 9.24. The van der Waals surface area contributed by atoms with Gasteiger partial charge in [-0.1, -0.05) is 24.3 Å². The molecule has 1 heterocycles. The summed E-state index contributed by atoms with van der Waals surface area (Å²) in [6.45, 7) is 0.304. The minimum absolute atomic E-state index is 0.231. The lowest BCUT2D eigenvalue weighted by Crippen LogP contribution is -2.33. The van der Waals surface area contributed by atoms with Crippen molar-refractivity contribution in [1.82, 2.24) is 10.3 Å². The third-order valence-corrected chi connectivity index (χ3v) is 3.47. The fraction of sp³-hybridized carbons (Fsp3) is 0.333. The summed E-state index contributed by atoms with van der Waals surface area (Å²) in [6, 6.07) is 11.3. The molecule has 1 aliphatic rings. The van der Waals surface area contributed by atoms with Crippen LogP contribution in [0.5, 0.6) is 0 Å². The Morgan fingerprint density at radius 3 is 2.89 bits per heavy atom. The standard InChI is InChI=1S/C15H16N2O2/c18-14(11-5-6-11)9-16-15(19)13-8-7-10-3-1-2-4-12(10)17-13/h1-4,7-8,11,14,18H,5-6,9H2,(H,16,19). The van der Waals surface area contributed by atoms with E-state index in [4.69, 9.17) is 0 Å². The summed E-state index contributed by atoms with van der Waals surface area (Å²) >= 11 is 0. The molecule has 4 heteroatoms. The van der Waals surface area contributed by atoms with Crippen LogP contribution in [0.25, 0.3) is 10.9 Å². The molecule has 1 aromatic carbocycles. The van der Waals surface area contributed by atoms with Crippen molar-refractivity contribution in [2.75, 3.05) is 6.54 Å². The summed E-state index contributed by atoms with van der Waals surface area (Å²) in [5.41, 5.74) is 1.19. The predicted octanol–water partition coefficient (Wildman–Crippen LogP) is 1.74. The number of hydrogen-bond donors (Lipinski definition) is 2. The second-order valence-corrected chi connectivity index (χ2v) is 5.00. The molecule has 0 radical (unpaired) electrons. The second kappa shape index (κ2) is 4.97. The maximum absolute atomic E-state index is 12.0. The molecule has 1 saturated carbocycles. The van der Waals surface area contributed by atoms with E-state index in [1.54, 1.807) is 6.07 Å². The van der Waals surface area contributed by atoms with Gasteiger partial charge in [-0.05, 0) is 30.9 Å². The molecule has 3 rings (SSSR count). The minimum atomic E-state index is -0.426. The van der Waals surface area contributed by atoms with E-state index in [1.807, 2.05) is 30.3 Å². The second-order valence-electron chi connectivity index (χ2n) is 5.00. The summed E-state index contributed by atoms with van der Waals surface area (Å²) in [7, 11) is 0. The Hall–Kier alpha value is -1.94. The van der Waals surface area contributed by atoms with Crippen LogP contribution in [0.2, 0.25) is 0 Å². The number of amides is 1. The first kappa shape index (κ1) is 12.1. The molecule has 1 fully saturated rings. The number of carbonyl (C=O) groups excluding carboxylic acids is 1. The summed E-state index contributed by atoms with van der Waals surface area (Å²) in [4.78, 5) is 16.3. The van der Waals surface area contributed by atoms with E-state index in [9.17, 15) is 9.90 Å². The number of nitrogens with zero attached hydrogens (tertiary/aromatic N) is 1. The van der Waals surface area contributed by atoms with E-state index >= 15 is 0 Å². The van der Waals surface area contributed by atoms with Crippen LogP contribution in [0.15, 0.2) is 36.4 Å². The molecule has 2 N–H and O–H groups in total. The summed E-state index contributed by atoms with van der Waals surface area (Å²) < 4.78 is 0. The Bertz CT molecular complexity index is 608. The van der Waals surface area contributed by atoms with Crippen molar-refractivity contribution < 1.29 is 9.90 Å². The Labute approximate surface area is 111 Å². The first-order valence-corrected chi connectivity index (χ1v) is 6.56. The fourth-order valence-corrected chi connectivity index (χ4v) is 2.13. The maximum Gasteiger partial charge on any atom is 0.269 e. The number of rotatable bonds is 4. The average molecular weight is 256 g/mol. The molecule has 1 unspecified atom stereocenters. The lowest BCUT2D eigenvalue weighted by Gasteiger charge is -2.10. The summed E-state index contributed by atoms with van der Waals surface area (Å²) in [6.07, 6.45) is 1.70. The van der Waals surface area contributed by atoms with Gasteiger partial charge in [-0.25, -0.2) is 4.98 Å². The van der Waals surface area contributed by atoms with Gasteiger partial charge >= 0.3 is 0 Å². The van der Waals surface area contributed by atoms with Crippen molar-refractivity contribution in [3.05, 3.63) is 42.1 Å². The topological polar surface area (TPSA) is 62.2 Å². The van der Waals surface area contributed by atoms with Crippen LogP contribution in [0, 0.1) is 5.92 Å². The molecule has 19 heavy (non-hydrogen) atoms. The summed E-state index contributed by atoms with van der Waals surface area (Å²) in [5.74, 6) is 0.135. The number of para-hydroxylation sites is 1. The molecule has 1 atom stereocenters. The van der Waals surface area contributed by atoms with Gasteiger partial charge in [0.15, 0.2) is 0 Å². The number of pyridine rings is 1. The molecule has 0 spiro atoms. The number of carbonyl (C=O) groups is 1. The molecule has 4 nitrogen and oxygen atoms in total. The van der Waals surface area contributed by atoms with Crippen LogP contribution < -0.4 is 5.32 Å². The van der Waals surface area contributed by atoms with E-state index in [0.717, 1.165) is 23.7 Å². The monoisotopic (exact) mass is 256 g/mol. The molecular formula is C15H16N2O2. The van der Waals surface area contributed by atoms with Crippen molar-refractivity contribution in [2.24, 2.45) is 5.92 Å². The highest BCUT2D eigenvalue weighted by molar-refractivity contribution is 5.94. The van der Waals surface area contributed by atoms with Crippen LogP contribution in [0.3, 0.4) is 0 Å². The molecule has 0 aliphatic heterocycles. The van der Waals surface area contributed by atoms with Gasteiger partial charge in [0.05, 0.1) is 11.6 Å². The molecule has 98 valence electrons. The van der Waals surface area contributed by atoms with Crippen molar-refractivity contribution in [2.45, 2.75) is 18.9 Å². The third-order valence-electron chi connectivity index (χ3n) is 3.47. The van der Waals surface area contributed by atoms with E-state index in [-0.39, 0.29) is 5.91 Å². The van der Waals surface area contributed by atoms with E-state index in [0.29, 0.717) is 18.2 Å². The number of aromatic nitrogens is 1. The van der Waals surface area contributed by atoms with Gasteiger partial charge in [-0.2, -0.15) is 0 Å². The average Bonchev–Trinajstić information content (AvgIpc) is 3.28. The molecular weight excluding hydrogens is 240 g/mol. The zero-order chi connectivity index (χ0) is 13.2. The van der Waals surface area contributed by atoms with E-state index in [2.05, 4.69) is 10.3 Å². The highest BCUT2D eigenvalue weighted by Crippen LogP contribution is 2.32. The van der Waals surface area contributed by atoms with Crippen molar-refractivity contribution in [3.63, 3.8) is 0 Å². The van der Waals surface area contributed by atoms with Gasteiger partial charge in [0.25, 0.3) is 5.91 Å². The third kappa shape index (κ3) is 2.74. The zero-order valence-electron chi connectivity index (χ0n) is 10.5. The number of hydrogen-bond acceptors (Lipinski definition) is 3. The highest BCUT2D eigenvalue weighted by Gasteiger charge is 2.29. The van der Waals surface area contributed by atoms with Gasteiger partial charge < -0.3 is 10.4 Å². The Morgan fingerprint density at radius 1 is 1.32 bits per heavy atom. The van der Waals surface area contributed by atoms with Crippen molar-refractivity contribution >= 4 is 16.8 Å². The van der Waals surface area contributed by atoms with E-state index in [1.165, 1.54) is 0 Å². The summed E-state index contributed by atoms with van der Waals surface area (Å²) in [5, 5.41) is 13.5. The SMILES string of the molecule is O=C(NCC(O)C1CC1)c1ccc2ccccc2n1. The minimum Gasteiger partial charge on any atom is -0.391 e. The number of fused-ring (bicyclic) bond motifs is 1. The van der Waals surface area contributed by atoms with Crippen LogP contribution in [-0.2, 0) is 0 Å². The van der Waals surface area contributed by atoms with Gasteiger partial charge in [-0.15, -0.1) is 0 Å². The molecule has 2 aromatic rings. The Kier molecular flexibility index (Phi) is 3.17.